The van der Waals surface area contributed by atoms with E-state index in [2.05, 4.69) is 23.1 Å². The first-order valence-corrected chi connectivity index (χ1v) is 6.99. The van der Waals surface area contributed by atoms with Crippen molar-refractivity contribution < 1.29 is 9.53 Å². The van der Waals surface area contributed by atoms with Crippen molar-refractivity contribution in [3.05, 3.63) is 59.2 Å². The molecule has 1 aliphatic heterocycles. The van der Waals surface area contributed by atoms with E-state index in [0.717, 1.165) is 18.5 Å². The molecule has 2 aromatic rings. The van der Waals surface area contributed by atoms with E-state index in [1.54, 1.807) is 6.07 Å². The van der Waals surface area contributed by atoms with Crippen LogP contribution in [0.2, 0.25) is 0 Å². The molecule has 0 saturated carbocycles. The number of nitrogens with two attached hydrogens (primary N) is 1. The zero-order valence-electron chi connectivity index (χ0n) is 12.0. The summed E-state index contributed by atoms with van der Waals surface area (Å²) in [5.41, 5.74) is 10.4. The van der Waals surface area contributed by atoms with Crippen LogP contribution >= 0.6 is 0 Å². The predicted octanol–water partition coefficient (Wildman–Crippen LogP) is 2.62. The lowest BCUT2D eigenvalue weighted by atomic mass is 10.0. The summed E-state index contributed by atoms with van der Waals surface area (Å²) in [6, 6.07) is 13.9. The van der Waals surface area contributed by atoms with E-state index in [9.17, 15) is 4.79 Å². The van der Waals surface area contributed by atoms with E-state index in [1.165, 1.54) is 18.4 Å². The molecule has 0 bridgehead atoms. The molecule has 0 spiro atoms. The number of esters is 1. The van der Waals surface area contributed by atoms with E-state index in [-0.39, 0.29) is 5.97 Å². The standard InChI is InChI=1S/C17H18N2O2/c1-21-17(20)16-13(6-4-7-14(16)18)11-19-10-9-12-5-2-3-8-15(12)19/h2-8H,9-11,18H2,1H3. The van der Waals surface area contributed by atoms with Crippen LogP contribution in [0.5, 0.6) is 0 Å². The second-order valence-electron chi connectivity index (χ2n) is 5.17. The molecule has 0 radical (unpaired) electrons. The average molecular weight is 282 g/mol. The van der Waals surface area contributed by atoms with Crippen molar-refractivity contribution in [3.63, 3.8) is 0 Å². The number of rotatable bonds is 3. The number of benzene rings is 2. The first-order valence-electron chi connectivity index (χ1n) is 6.99. The molecular weight excluding hydrogens is 264 g/mol. The Kier molecular flexibility index (Phi) is 3.52. The predicted molar refractivity (Wildman–Crippen MR) is 83.4 cm³/mol. The number of anilines is 2. The molecule has 4 nitrogen and oxygen atoms in total. The minimum Gasteiger partial charge on any atom is -0.465 e. The second-order valence-corrected chi connectivity index (χ2v) is 5.17. The number of carbonyl (C=O) groups is 1. The number of methoxy groups -OCH3 is 1. The fourth-order valence-corrected chi connectivity index (χ4v) is 2.88. The highest BCUT2D eigenvalue weighted by molar-refractivity contribution is 5.96. The van der Waals surface area contributed by atoms with Gasteiger partial charge in [-0.15, -0.1) is 0 Å². The highest BCUT2D eigenvalue weighted by Gasteiger charge is 2.22. The molecule has 0 amide bonds. The zero-order chi connectivity index (χ0) is 14.8. The monoisotopic (exact) mass is 282 g/mol. The topological polar surface area (TPSA) is 55.6 Å². The molecule has 1 aliphatic rings. The normalized spacial score (nSPS) is 13.1. The SMILES string of the molecule is COC(=O)c1c(N)cccc1CN1CCc2ccccc21. The van der Waals surface area contributed by atoms with E-state index in [0.29, 0.717) is 17.8 Å². The summed E-state index contributed by atoms with van der Waals surface area (Å²) in [5.74, 6) is -0.379. The summed E-state index contributed by atoms with van der Waals surface area (Å²) in [6.45, 7) is 1.61. The first kappa shape index (κ1) is 13.5. The lowest BCUT2D eigenvalue weighted by Crippen LogP contribution is -2.22. The Bertz CT molecular complexity index is 682. The van der Waals surface area contributed by atoms with Crippen LogP contribution in [0.15, 0.2) is 42.5 Å². The fourth-order valence-electron chi connectivity index (χ4n) is 2.88. The molecule has 0 unspecified atom stereocenters. The minimum absolute atomic E-state index is 0.379. The zero-order valence-corrected chi connectivity index (χ0v) is 12.0. The van der Waals surface area contributed by atoms with Crippen LogP contribution in [0.3, 0.4) is 0 Å². The molecule has 21 heavy (non-hydrogen) atoms. The van der Waals surface area contributed by atoms with Crippen LogP contribution in [0.25, 0.3) is 0 Å². The van der Waals surface area contributed by atoms with Gasteiger partial charge in [-0.2, -0.15) is 0 Å². The largest absolute Gasteiger partial charge is 0.465 e. The summed E-state index contributed by atoms with van der Waals surface area (Å²) in [5, 5.41) is 0. The maximum absolute atomic E-state index is 12.0. The quantitative estimate of drug-likeness (QED) is 0.694. The van der Waals surface area contributed by atoms with Gasteiger partial charge in [0.1, 0.15) is 0 Å². The van der Waals surface area contributed by atoms with Crippen LogP contribution in [0, 0.1) is 0 Å². The van der Waals surface area contributed by atoms with Crippen LogP contribution in [0.1, 0.15) is 21.5 Å². The fraction of sp³-hybridized carbons (Fsp3) is 0.235. The summed E-state index contributed by atoms with van der Waals surface area (Å²) in [7, 11) is 1.38. The Hall–Kier alpha value is -2.49. The van der Waals surface area contributed by atoms with Crippen LogP contribution < -0.4 is 10.6 Å². The van der Waals surface area contributed by atoms with Crippen LogP contribution in [0.4, 0.5) is 11.4 Å². The molecule has 4 heteroatoms. The highest BCUT2D eigenvalue weighted by atomic mass is 16.5. The average Bonchev–Trinajstić information content (AvgIpc) is 2.90. The van der Waals surface area contributed by atoms with Gasteiger partial charge in [-0.1, -0.05) is 30.3 Å². The van der Waals surface area contributed by atoms with Gasteiger partial charge in [-0.05, 0) is 29.7 Å². The third kappa shape index (κ3) is 2.44. The molecule has 1 heterocycles. The Balaban J connectivity index is 1.93. The number of ether oxygens (including phenoxy) is 1. The van der Waals surface area contributed by atoms with Gasteiger partial charge >= 0.3 is 5.97 Å². The van der Waals surface area contributed by atoms with Gasteiger partial charge < -0.3 is 15.4 Å². The van der Waals surface area contributed by atoms with Crippen molar-refractivity contribution in [3.8, 4) is 0 Å². The molecule has 0 fully saturated rings. The van der Waals surface area contributed by atoms with Crippen molar-refractivity contribution in [1.82, 2.24) is 0 Å². The van der Waals surface area contributed by atoms with Crippen molar-refractivity contribution >= 4 is 17.3 Å². The van der Waals surface area contributed by atoms with Gasteiger partial charge in [-0.3, -0.25) is 0 Å². The van der Waals surface area contributed by atoms with Gasteiger partial charge in [-0.25, -0.2) is 4.79 Å². The van der Waals surface area contributed by atoms with Crippen molar-refractivity contribution in [2.24, 2.45) is 0 Å². The van der Waals surface area contributed by atoms with Crippen molar-refractivity contribution in [2.75, 3.05) is 24.3 Å². The molecule has 2 aromatic carbocycles. The summed E-state index contributed by atoms with van der Waals surface area (Å²) in [6.07, 6.45) is 1.03. The third-order valence-corrected chi connectivity index (χ3v) is 3.92. The highest BCUT2D eigenvalue weighted by Crippen LogP contribution is 2.30. The first-order chi connectivity index (χ1) is 10.2. The molecule has 3 rings (SSSR count). The van der Waals surface area contributed by atoms with Gasteiger partial charge in [0.05, 0.1) is 12.7 Å². The molecule has 0 atom stereocenters. The van der Waals surface area contributed by atoms with E-state index in [1.807, 2.05) is 18.2 Å². The maximum atomic E-state index is 12.0. The summed E-state index contributed by atoms with van der Waals surface area (Å²) in [4.78, 5) is 14.2. The van der Waals surface area contributed by atoms with Crippen LogP contribution in [-0.4, -0.2) is 19.6 Å². The Morgan fingerprint density at radius 2 is 2.05 bits per heavy atom. The van der Waals surface area contributed by atoms with Gasteiger partial charge in [0.15, 0.2) is 0 Å². The van der Waals surface area contributed by atoms with E-state index >= 15 is 0 Å². The minimum atomic E-state index is -0.379. The third-order valence-electron chi connectivity index (χ3n) is 3.92. The molecule has 0 aromatic heterocycles. The van der Waals surface area contributed by atoms with Crippen LogP contribution in [-0.2, 0) is 17.7 Å². The number of hydrogen-bond acceptors (Lipinski definition) is 4. The second kappa shape index (κ2) is 5.48. The Morgan fingerprint density at radius 1 is 1.24 bits per heavy atom. The number of nitrogen functional groups attached to an aromatic ring is 1. The lowest BCUT2D eigenvalue weighted by Gasteiger charge is -2.21. The smallest absolute Gasteiger partial charge is 0.340 e. The number of nitrogens with zero attached hydrogens (tertiary/aromatic N) is 1. The van der Waals surface area contributed by atoms with Crippen molar-refractivity contribution in [2.45, 2.75) is 13.0 Å². The molecular formula is C17H18N2O2. The number of para-hydroxylation sites is 1. The summed E-state index contributed by atoms with van der Waals surface area (Å²) >= 11 is 0. The molecule has 0 aliphatic carbocycles. The summed E-state index contributed by atoms with van der Waals surface area (Å²) < 4.78 is 4.85. The number of carbonyl (C=O) groups excluding carboxylic acids is 1. The van der Waals surface area contributed by atoms with Gasteiger partial charge in [0, 0.05) is 24.5 Å². The number of fused-ring (bicyclic) bond motifs is 1. The Labute approximate surface area is 124 Å². The maximum Gasteiger partial charge on any atom is 0.340 e. The van der Waals surface area contributed by atoms with E-state index < -0.39 is 0 Å². The molecule has 0 saturated heterocycles. The molecule has 108 valence electrons. The lowest BCUT2D eigenvalue weighted by molar-refractivity contribution is 0.0600. The van der Waals surface area contributed by atoms with Gasteiger partial charge in [0.2, 0.25) is 0 Å². The van der Waals surface area contributed by atoms with Crippen molar-refractivity contribution in [1.29, 1.82) is 0 Å². The van der Waals surface area contributed by atoms with E-state index in [4.69, 9.17) is 10.5 Å². The van der Waals surface area contributed by atoms with Gasteiger partial charge in [0.25, 0.3) is 0 Å². The number of hydrogen-bond donors (Lipinski definition) is 1. The molecule has 2 N–H and O–H groups in total. The Morgan fingerprint density at radius 3 is 2.86 bits per heavy atom.